The van der Waals surface area contributed by atoms with Gasteiger partial charge in [-0.2, -0.15) is 0 Å². The Bertz CT molecular complexity index is 1940. The fraction of sp³-hybridized carbons (Fsp3) is 0.755. The smallest absolute Gasteiger partial charge is 0.329 e. The van der Waals surface area contributed by atoms with Gasteiger partial charge in [0.15, 0.2) is 13.2 Å². The van der Waals surface area contributed by atoms with Gasteiger partial charge in [0.1, 0.15) is 30.1 Å². The van der Waals surface area contributed by atoms with Crippen molar-refractivity contribution in [2.24, 2.45) is 35.5 Å². The molecule has 0 aromatic rings. The van der Waals surface area contributed by atoms with Crippen LogP contribution < -0.4 is 0 Å². The number of aliphatic hydroxyl groups excluding tert-OH is 1. The number of rotatable bonds is 8. The molecule has 16 heteroatoms. The normalized spacial score (nSPS) is 39.0. The molecule has 4 aliphatic rings. The Hall–Kier alpha value is -3.14. The lowest BCUT2D eigenvalue weighted by Crippen LogP contribution is -2.61. The number of fused-ring (bicyclic) bond motifs is 3. The first-order valence-electron chi connectivity index (χ1n) is 25.2. The van der Waals surface area contributed by atoms with Gasteiger partial charge >= 0.3 is 5.97 Å². The van der Waals surface area contributed by atoms with Gasteiger partial charge in [0.25, 0.3) is 11.7 Å². The maximum Gasteiger partial charge on any atom is 0.329 e. The van der Waals surface area contributed by atoms with Gasteiger partial charge in [-0.3, -0.25) is 23.7 Å². The van der Waals surface area contributed by atoms with Crippen molar-refractivity contribution >= 4 is 36.6 Å². The molecule has 2 saturated heterocycles. The van der Waals surface area contributed by atoms with E-state index < -0.39 is 85.1 Å². The molecular formula is C53H84NO14P. The molecule has 1 amide bonds. The number of esters is 1. The first-order chi connectivity index (χ1) is 32.4. The quantitative estimate of drug-likeness (QED) is 0.104. The molecule has 69 heavy (non-hydrogen) atoms. The number of Topliss-reactive ketones (excluding diaryl/α,β-unsaturated/α-hetero) is 3. The molecule has 15 atom stereocenters. The lowest BCUT2D eigenvalue weighted by molar-refractivity contribution is -0.265. The summed E-state index contributed by atoms with van der Waals surface area (Å²) in [5, 5.41) is 23.5. The molecule has 0 spiro atoms. The number of methoxy groups -OCH3 is 3. The average molecular weight is 990 g/mol. The van der Waals surface area contributed by atoms with E-state index in [1.165, 1.54) is 12.0 Å². The number of ether oxygens (including phenoxy) is 5. The minimum Gasteiger partial charge on any atom is -0.460 e. The molecule has 2 N–H and O–H groups in total. The van der Waals surface area contributed by atoms with E-state index in [-0.39, 0.29) is 60.9 Å². The largest absolute Gasteiger partial charge is 0.460 e. The highest BCUT2D eigenvalue weighted by molar-refractivity contribution is 7.57. The number of carbonyl (C=O) groups is 5. The van der Waals surface area contributed by atoms with Crippen LogP contribution in [-0.4, -0.2) is 140 Å². The van der Waals surface area contributed by atoms with Gasteiger partial charge in [0.05, 0.1) is 24.4 Å². The average Bonchev–Trinajstić information content (AvgIpc) is 3.30. The first-order valence-corrected chi connectivity index (χ1v) is 27.7. The number of ketones is 3. The maximum atomic E-state index is 14.5. The molecule has 3 fully saturated rings. The minimum atomic E-state index is -2.79. The summed E-state index contributed by atoms with van der Waals surface area (Å²) < 4.78 is 48.2. The lowest BCUT2D eigenvalue weighted by Gasteiger charge is -2.42. The van der Waals surface area contributed by atoms with E-state index in [9.17, 15) is 38.8 Å². The highest BCUT2D eigenvalue weighted by atomic mass is 31.2. The predicted molar refractivity (Wildman–Crippen MR) is 263 cm³/mol. The number of hydrogen-bond donors (Lipinski definition) is 2. The minimum absolute atomic E-state index is 0.0117. The fourth-order valence-electron chi connectivity index (χ4n) is 10.5. The molecule has 4 rings (SSSR count). The van der Waals surface area contributed by atoms with Crippen molar-refractivity contribution in [1.82, 2.24) is 4.90 Å². The lowest BCUT2D eigenvalue weighted by atomic mass is 9.78. The van der Waals surface area contributed by atoms with Gasteiger partial charge in [-0.1, -0.05) is 71.1 Å². The zero-order valence-corrected chi connectivity index (χ0v) is 44.3. The van der Waals surface area contributed by atoms with Crippen LogP contribution in [0.3, 0.4) is 0 Å². The molecule has 3 aliphatic heterocycles. The van der Waals surface area contributed by atoms with Crippen molar-refractivity contribution in [1.29, 1.82) is 0 Å². The Morgan fingerprint density at radius 2 is 1.57 bits per heavy atom. The summed E-state index contributed by atoms with van der Waals surface area (Å²) in [6, 6.07) is -1.16. The number of cyclic esters (lactones) is 1. The van der Waals surface area contributed by atoms with Crippen LogP contribution in [-0.2, 0) is 56.7 Å². The van der Waals surface area contributed by atoms with Crippen LogP contribution in [0.2, 0.25) is 0 Å². The van der Waals surface area contributed by atoms with Crippen LogP contribution in [0.5, 0.6) is 0 Å². The Balaban J connectivity index is 1.70. The standard InChI is InChI=1S/C53H84NO14P/c1-32-18-14-13-15-19-33(2)44(63-8)30-40-23-21-38(7)53(61,67-40)50(58)51(59)54-25-17-16-20-41(54)52(60)66-45(35(4)28-39-22-24-43(46(29-39)64-9)68-69(11,12)62)31-42(55)34(3)27-37(6)48(57)49(65-10)47(56)36(5)26-32/h13-15,18-19,27,32,34-36,38-41,43-46,48-49,57,61H,16-17,20-26,28-31H2,1-12H3/b15-13-,18-14-,33-19-,37-27-/t32-,34+,35+,36+,38+,39+,40+,41+,43+,44+,45+,46+,48+,49-,53+/m0/s1. The molecule has 0 aromatic heterocycles. The third kappa shape index (κ3) is 16.2. The second kappa shape index (κ2) is 26.5. The van der Waals surface area contributed by atoms with Crippen molar-refractivity contribution in [3.63, 3.8) is 0 Å². The highest BCUT2D eigenvalue weighted by Gasteiger charge is 2.53. The number of allylic oxidation sites excluding steroid dienone is 6. The van der Waals surface area contributed by atoms with E-state index in [1.807, 2.05) is 58.1 Å². The second-order valence-electron chi connectivity index (χ2n) is 20.9. The second-order valence-corrected chi connectivity index (χ2v) is 23.6. The summed E-state index contributed by atoms with van der Waals surface area (Å²) in [4.78, 5) is 72.2. The van der Waals surface area contributed by atoms with Crippen molar-refractivity contribution in [2.75, 3.05) is 41.2 Å². The highest BCUT2D eigenvalue weighted by Crippen LogP contribution is 2.45. The molecule has 1 saturated carbocycles. The summed E-state index contributed by atoms with van der Waals surface area (Å²) >= 11 is 0. The van der Waals surface area contributed by atoms with E-state index in [4.69, 9.17) is 28.2 Å². The topological polar surface area (TPSA) is 201 Å². The van der Waals surface area contributed by atoms with Crippen LogP contribution in [0, 0.1) is 35.5 Å². The molecule has 1 aliphatic carbocycles. The van der Waals surface area contributed by atoms with E-state index in [0.29, 0.717) is 63.4 Å². The molecule has 15 nitrogen and oxygen atoms in total. The Morgan fingerprint density at radius 1 is 0.855 bits per heavy atom. The van der Waals surface area contributed by atoms with Crippen molar-refractivity contribution < 1.29 is 67.0 Å². The zero-order chi connectivity index (χ0) is 51.4. The van der Waals surface area contributed by atoms with Crippen LogP contribution in [0.4, 0.5) is 0 Å². The monoisotopic (exact) mass is 990 g/mol. The summed E-state index contributed by atoms with van der Waals surface area (Å²) in [5.74, 6) is -8.11. The fourth-order valence-corrected chi connectivity index (χ4v) is 11.4. The van der Waals surface area contributed by atoms with Crippen LogP contribution >= 0.6 is 7.37 Å². The number of carbonyl (C=O) groups excluding carboxylic acids is 5. The number of hydrogen-bond acceptors (Lipinski definition) is 14. The summed E-state index contributed by atoms with van der Waals surface area (Å²) in [6.07, 6.45) is 11.4. The van der Waals surface area contributed by atoms with E-state index >= 15 is 0 Å². The molecule has 2 bridgehead atoms. The first kappa shape index (κ1) is 58.4. The third-order valence-electron chi connectivity index (χ3n) is 14.8. The van der Waals surface area contributed by atoms with Crippen molar-refractivity contribution in [3.8, 4) is 0 Å². The number of aliphatic hydroxyl groups is 2. The predicted octanol–water partition coefficient (Wildman–Crippen LogP) is 7.74. The zero-order valence-electron chi connectivity index (χ0n) is 43.4. The molecule has 0 unspecified atom stereocenters. The Morgan fingerprint density at radius 3 is 2.22 bits per heavy atom. The van der Waals surface area contributed by atoms with Crippen molar-refractivity contribution in [2.45, 2.75) is 180 Å². The van der Waals surface area contributed by atoms with E-state index in [0.717, 1.165) is 12.0 Å². The third-order valence-corrected chi connectivity index (χ3v) is 15.6. The molecule has 0 aromatic carbocycles. The van der Waals surface area contributed by atoms with Gasteiger partial charge in [0.2, 0.25) is 5.79 Å². The van der Waals surface area contributed by atoms with Gasteiger partial charge in [-0.25, -0.2) is 4.79 Å². The van der Waals surface area contributed by atoms with Crippen molar-refractivity contribution in [3.05, 3.63) is 47.6 Å². The number of amides is 1. The molecular weight excluding hydrogens is 906 g/mol. The van der Waals surface area contributed by atoms with Gasteiger partial charge in [-0.05, 0) is 107 Å². The Labute approximate surface area is 411 Å². The van der Waals surface area contributed by atoms with Crippen LogP contribution in [0.15, 0.2) is 47.6 Å². The van der Waals surface area contributed by atoms with E-state index in [1.54, 1.807) is 54.4 Å². The van der Waals surface area contributed by atoms with Crippen LogP contribution in [0.1, 0.15) is 126 Å². The summed E-state index contributed by atoms with van der Waals surface area (Å²) in [5.41, 5.74) is 1.25. The van der Waals surface area contributed by atoms with Gasteiger partial charge in [-0.15, -0.1) is 0 Å². The van der Waals surface area contributed by atoms with E-state index in [2.05, 4.69) is 0 Å². The number of nitrogens with zero attached hydrogens (tertiary/aromatic N) is 1. The van der Waals surface area contributed by atoms with Gasteiger partial charge < -0.3 is 43.3 Å². The van der Waals surface area contributed by atoms with Crippen LogP contribution in [0.25, 0.3) is 0 Å². The Kier molecular flexibility index (Phi) is 22.5. The SMILES string of the molecule is CO[C@@H]1C[C@H]2CC[C@@H](C)[C@@](O)(O2)C(=O)C(=O)N2CCCC[C@@H]2C(=O)O[C@@H]([C@H](C)C[C@H]2CC[C@@H](OP(C)(C)=O)[C@H](OC)C2)CC(=O)[C@H](C)/C=C(/C)[C@@H](O)[C@@H](OC)C(=O)[C@H](C)C[C@@H](C)\C=C/C=C\C=C/1C. The molecule has 390 valence electrons. The molecule has 0 radical (unpaired) electrons. The number of piperidine rings is 1. The molecule has 3 heterocycles. The maximum absolute atomic E-state index is 14.5. The summed E-state index contributed by atoms with van der Waals surface area (Å²) in [7, 11) is 1.76. The summed E-state index contributed by atoms with van der Waals surface area (Å²) in [6.45, 7) is 15.9. The van der Waals surface area contributed by atoms with Gasteiger partial charge in [0, 0.05) is 71.8 Å².